The van der Waals surface area contributed by atoms with Gasteiger partial charge in [-0.15, -0.1) is 0 Å². The van der Waals surface area contributed by atoms with Crippen molar-refractivity contribution in [3.05, 3.63) is 0 Å². The topological polar surface area (TPSA) is 20.2 Å². The molecule has 2 fully saturated rings. The number of hydrogen-bond acceptors (Lipinski definition) is 1. The van der Waals surface area contributed by atoms with Crippen LogP contribution in [0, 0.1) is 11.8 Å². The van der Waals surface area contributed by atoms with Gasteiger partial charge in [0, 0.05) is 0 Å². The maximum absolute atomic E-state index is 9.68. The zero-order valence-electron chi connectivity index (χ0n) is 5.93. The molecule has 2 aliphatic rings. The van der Waals surface area contributed by atoms with Gasteiger partial charge in [0.05, 0.1) is 5.60 Å². The van der Waals surface area contributed by atoms with Crippen LogP contribution in [0.25, 0.3) is 0 Å². The van der Waals surface area contributed by atoms with E-state index in [1.54, 1.807) is 0 Å². The molecule has 2 rings (SSSR count). The summed E-state index contributed by atoms with van der Waals surface area (Å²) in [5, 5.41) is 9.68. The van der Waals surface area contributed by atoms with Crippen molar-refractivity contribution in [1.82, 2.24) is 0 Å². The Morgan fingerprint density at radius 2 is 2.22 bits per heavy atom. The van der Waals surface area contributed by atoms with E-state index >= 15 is 0 Å². The SMILES string of the molecule is CC1(O)C[C@@H]2CC[C@H]1C2. The lowest BCUT2D eigenvalue weighted by molar-refractivity contribution is 0.00531. The molecule has 3 atom stereocenters. The zero-order chi connectivity index (χ0) is 6.48. The normalized spacial score (nSPS) is 56.7. The van der Waals surface area contributed by atoms with E-state index in [1.165, 1.54) is 19.3 Å². The van der Waals surface area contributed by atoms with E-state index in [0.717, 1.165) is 12.3 Å². The van der Waals surface area contributed by atoms with Crippen LogP contribution in [0.1, 0.15) is 32.6 Å². The molecule has 0 aromatic rings. The van der Waals surface area contributed by atoms with Crippen LogP contribution in [-0.2, 0) is 0 Å². The lowest BCUT2D eigenvalue weighted by atomic mass is 9.86. The Hall–Kier alpha value is -0.0400. The highest BCUT2D eigenvalue weighted by Crippen LogP contribution is 2.50. The maximum Gasteiger partial charge on any atom is 0.0650 e. The first-order chi connectivity index (χ1) is 4.18. The largest absolute Gasteiger partial charge is 0.390 e. The minimum Gasteiger partial charge on any atom is -0.390 e. The molecule has 52 valence electrons. The molecule has 0 aromatic heterocycles. The van der Waals surface area contributed by atoms with Gasteiger partial charge in [-0.3, -0.25) is 0 Å². The molecule has 0 radical (unpaired) electrons. The van der Waals surface area contributed by atoms with Crippen LogP contribution in [-0.4, -0.2) is 10.7 Å². The molecule has 0 saturated heterocycles. The molecule has 2 aliphatic carbocycles. The third kappa shape index (κ3) is 0.710. The van der Waals surface area contributed by atoms with Crippen LogP contribution in [0.3, 0.4) is 0 Å². The van der Waals surface area contributed by atoms with Gasteiger partial charge in [-0.05, 0) is 44.4 Å². The first kappa shape index (κ1) is 5.72. The van der Waals surface area contributed by atoms with Gasteiger partial charge in [0.2, 0.25) is 0 Å². The van der Waals surface area contributed by atoms with Gasteiger partial charge < -0.3 is 5.11 Å². The molecule has 1 nitrogen and oxygen atoms in total. The average Bonchev–Trinajstić information content (AvgIpc) is 2.19. The first-order valence-corrected chi connectivity index (χ1v) is 3.91. The number of aliphatic hydroxyl groups is 1. The molecule has 0 amide bonds. The van der Waals surface area contributed by atoms with Gasteiger partial charge in [0.25, 0.3) is 0 Å². The molecular formula is C8H14O. The monoisotopic (exact) mass is 126 g/mol. The van der Waals surface area contributed by atoms with Crippen molar-refractivity contribution in [3.8, 4) is 0 Å². The molecule has 1 N–H and O–H groups in total. The highest BCUT2D eigenvalue weighted by molar-refractivity contribution is 4.98. The summed E-state index contributed by atoms with van der Waals surface area (Å²) in [7, 11) is 0. The quantitative estimate of drug-likeness (QED) is 0.522. The second kappa shape index (κ2) is 1.51. The fourth-order valence-electron chi connectivity index (χ4n) is 2.58. The Morgan fingerprint density at radius 1 is 1.44 bits per heavy atom. The Labute approximate surface area is 56.1 Å². The van der Waals surface area contributed by atoms with Gasteiger partial charge in [0.15, 0.2) is 0 Å². The standard InChI is InChI=1S/C8H14O/c1-8(9)5-6-2-3-7(8)4-6/h6-7,9H,2-5H2,1H3/t6-,7+,8?/m1/s1. The van der Waals surface area contributed by atoms with E-state index in [1.807, 2.05) is 6.92 Å². The van der Waals surface area contributed by atoms with Gasteiger partial charge in [-0.2, -0.15) is 0 Å². The second-order valence-electron chi connectivity index (χ2n) is 3.94. The summed E-state index contributed by atoms with van der Waals surface area (Å²) in [6, 6.07) is 0. The fourth-order valence-corrected chi connectivity index (χ4v) is 2.58. The third-order valence-electron chi connectivity index (χ3n) is 3.12. The van der Waals surface area contributed by atoms with Crippen molar-refractivity contribution in [3.63, 3.8) is 0 Å². The second-order valence-corrected chi connectivity index (χ2v) is 3.94. The van der Waals surface area contributed by atoms with Crippen LogP contribution in [0.4, 0.5) is 0 Å². The summed E-state index contributed by atoms with van der Waals surface area (Å²) in [5.74, 6) is 1.51. The summed E-state index contributed by atoms with van der Waals surface area (Å²) in [6.07, 6.45) is 5.02. The molecule has 1 heteroatoms. The molecule has 9 heavy (non-hydrogen) atoms. The minimum absolute atomic E-state index is 0.289. The summed E-state index contributed by atoms with van der Waals surface area (Å²) >= 11 is 0. The van der Waals surface area contributed by atoms with E-state index in [4.69, 9.17) is 0 Å². The molecule has 2 saturated carbocycles. The molecule has 0 spiro atoms. The summed E-state index contributed by atoms with van der Waals surface area (Å²) in [5.41, 5.74) is -0.289. The van der Waals surface area contributed by atoms with Gasteiger partial charge in [0.1, 0.15) is 0 Å². The predicted octanol–water partition coefficient (Wildman–Crippen LogP) is 1.56. The Morgan fingerprint density at radius 3 is 2.44 bits per heavy atom. The van der Waals surface area contributed by atoms with Gasteiger partial charge in [-0.25, -0.2) is 0 Å². The van der Waals surface area contributed by atoms with Crippen molar-refractivity contribution >= 4 is 0 Å². The number of hydrogen-bond donors (Lipinski definition) is 1. The Balaban J connectivity index is 2.18. The first-order valence-electron chi connectivity index (χ1n) is 3.91. The highest BCUT2D eigenvalue weighted by Gasteiger charge is 2.46. The summed E-state index contributed by atoms with van der Waals surface area (Å²) < 4.78 is 0. The van der Waals surface area contributed by atoms with Crippen LogP contribution in [0.15, 0.2) is 0 Å². The van der Waals surface area contributed by atoms with E-state index in [0.29, 0.717) is 5.92 Å². The maximum atomic E-state index is 9.68. The average molecular weight is 126 g/mol. The van der Waals surface area contributed by atoms with E-state index in [2.05, 4.69) is 0 Å². The van der Waals surface area contributed by atoms with E-state index in [-0.39, 0.29) is 5.60 Å². The molecule has 0 heterocycles. The van der Waals surface area contributed by atoms with Crippen molar-refractivity contribution in [2.24, 2.45) is 11.8 Å². The lowest BCUT2D eigenvalue weighted by Crippen LogP contribution is -2.30. The molecule has 0 aliphatic heterocycles. The minimum atomic E-state index is -0.289. The van der Waals surface area contributed by atoms with Crippen LogP contribution in [0.2, 0.25) is 0 Å². The van der Waals surface area contributed by atoms with E-state index < -0.39 is 0 Å². The summed E-state index contributed by atoms with van der Waals surface area (Å²) in [6.45, 7) is 2.00. The van der Waals surface area contributed by atoms with Crippen molar-refractivity contribution in [2.75, 3.05) is 0 Å². The highest BCUT2D eigenvalue weighted by atomic mass is 16.3. The van der Waals surface area contributed by atoms with Crippen molar-refractivity contribution in [2.45, 2.75) is 38.2 Å². The van der Waals surface area contributed by atoms with Crippen molar-refractivity contribution < 1.29 is 5.11 Å². The number of fused-ring (bicyclic) bond motifs is 2. The smallest absolute Gasteiger partial charge is 0.0650 e. The van der Waals surface area contributed by atoms with Crippen LogP contribution in [0.5, 0.6) is 0 Å². The van der Waals surface area contributed by atoms with E-state index in [9.17, 15) is 5.11 Å². The van der Waals surface area contributed by atoms with Crippen LogP contribution >= 0.6 is 0 Å². The number of rotatable bonds is 0. The predicted molar refractivity (Wildman–Crippen MR) is 36.1 cm³/mol. The van der Waals surface area contributed by atoms with Crippen molar-refractivity contribution in [1.29, 1.82) is 0 Å². The summed E-state index contributed by atoms with van der Waals surface area (Å²) in [4.78, 5) is 0. The Bertz CT molecular complexity index is 129. The fraction of sp³-hybridized carbons (Fsp3) is 1.00. The van der Waals surface area contributed by atoms with Gasteiger partial charge >= 0.3 is 0 Å². The molecule has 0 aromatic carbocycles. The Kier molecular flexibility index (Phi) is 0.963. The third-order valence-corrected chi connectivity index (χ3v) is 3.12. The molecular weight excluding hydrogens is 112 g/mol. The lowest BCUT2D eigenvalue weighted by Gasteiger charge is -2.27. The molecule has 2 bridgehead atoms. The molecule has 1 unspecified atom stereocenters. The van der Waals surface area contributed by atoms with Gasteiger partial charge in [-0.1, -0.05) is 0 Å². The van der Waals surface area contributed by atoms with Crippen LogP contribution < -0.4 is 0 Å². The zero-order valence-corrected chi connectivity index (χ0v) is 5.93.